The van der Waals surface area contributed by atoms with E-state index in [0.717, 1.165) is 0 Å². The molecule has 1 rings (SSSR count). The molecule has 0 saturated carbocycles. The average molecular weight is 347 g/mol. The molecule has 0 saturated heterocycles. The number of carbonyl (C=O) groups is 2. The standard InChI is InChI=1S/C15H25NO8/c1-7(2)6-23-10-4-11(15(21)22)24-14(12(10)16-8(3)18)13(20)9(19)5-17/h4,7,9-10,12-14,17,19-20H,5-6H2,1-3H3,(H,16,18)(H,21,22)/t9-,10+,12-,13-,14-/m1/s1. The van der Waals surface area contributed by atoms with Gasteiger partial charge in [-0.1, -0.05) is 13.8 Å². The zero-order chi connectivity index (χ0) is 18.4. The predicted octanol–water partition coefficient (Wildman–Crippen LogP) is -1.39. The molecule has 1 aliphatic rings. The van der Waals surface area contributed by atoms with Gasteiger partial charge in [0.15, 0.2) is 6.10 Å². The van der Waals surface area contributed by atoms with E-state index in [1.54, 1.807) is 0 Å². The molecule has 24 heavy (non-hydrogen) atoms. The van der Waals surface area contributed by atoms with Gasteiger partial charge in [-0.25, -0.2) is 4.79 Å². The summed E-state index contributed by atoms with van der Waals surface area (Å²) in [6.07, 6.45) is -4.16. The molecule has 0 spiro atoms. The van der Waals surface area contributed by atoms with Crippen molar-refractivity contribution in [2.75, 3.05) is 13.2 Å². The molecule has 9 heteroatoms. The van der Waals surface area contributed by atoms with Crippen molar-refractivity contribution in [2.45, 2.75) is 51.2 Å². The Morgan fingerprint density at radius 3 is 2.46 bits per heavy atom. The molecular formula is C15H25NO8. The maximum absolute atomic E-state index is 11.5. The van der Waals surface area contributed by atoms with E-state index < -0.39 is 54.7 Å². The second kappa shape index (κ2) is 8.97. The molecule has 0 fully saturated rings. The first kappa shape index (κ1) is 20.4. The molecule has 0 bridgehead atoms. The molecule has 1 aliphatic heterocycles. The van der Waals surface area contributed by atoms with Gasteiger partial charge in [0.25, 0.3) is 0 Å². The van der Waals surface area contributed by atoms with Gasteiger partial charge in [-0.15, -0.1) is 0 Å². The Bertz CT molecular complexity index is 478. The van der Waals surface area contributed by atoms with Gasteiger partial charge in [0.05, 0.1) is 12.6 Å². The minimum absolute atomic E-state index is 0.152. The van der Waals surface area contributed by atoms with Crippen molar-refractivity contribution < 1.29 is 39.5 Å². The number of nitrogens with one attached hydrogen (secondary N) is 1. The lowest BCUT2D eigenvalue weighted by Crippen LogP contribution is -2.60. The summed E-state index contributed by atoms with van der Waals surface area (Å²) >= 11 is 0. The number of carbonyl (C=O) groups excluding carboxylic acids is 1. The second-order valence-electron chi connectivity index (χ2n) is 6.08. The summed E-state index contributed by atoms with van der Waals surface area (Å²) in [6.45, 7) is 4.58. The molecule has 5 atom stereocenters. The smallest absolute Gasteiger partial charge is 0.370 e. The highest BCUT2D eigenvalue weighted by atomic mass is 16.5. The minimum atomic E-state index is -1.62. The van der Waals surface area contributed by atoms with Crippen LogP contribution >= 0.6 is 0 Å². The molecule has 0 aromatic carbocycles. The van der Waals surface area contributed by atoms with E-state index in [2.05, 4.69) is 5.32 Å². The van der Waals surface area contributed by atoms with Crippen molar-refractivity contribution in [1.29, 1.82) is 0 Å². The van der Waals surface area contributed by atoms with Crippen LogP contribution in [0, 0.1) is 5.92 Å². The van der Waals surface area contributed by atoms with Crippen LogP contribution in [-0.2, 0) is 19.1 Å². The van der Waals surface area contributed by atoms with Crippen molar-refractivity contribution in [3.63, 3.8) is 0 Å². The summed E-state index contributed by atoms with van der Waals surface area (Å²) in [6, 6.07) is -0.930. The van der Waals surface area contributed by atoms with Crippen LogP contribution in [0.1, 0.15) is 20.8 Å². The molecule has 0 radical (unpaired) electrons. The maximum Gasteiger partial charge on any atom is 0.370 e. The van der Waals surface area contributed by atoms with Crippen LogP contribution in [0.15, 0.2) is 11.8 Å². The summed E-state index contributed by atoms with van der Waals surface area (Å²) in [5.41, 5.74) is 0. The van der Waals surface area contributed by atoms with E-state index in [-0.39, 0.29) is 12.5 Å². The fraction of sp³-hybridized carbons (Fsp3) is 0.733. The van der Waals surface area contributed by atoms with Crippen molar-refractivity contribution in [2.24, 2.45) is 5.92 Å². The average Bonchev–Trinajstić information content (AvgIpc) is 2.51. The van der Waals surface area contributed by atoms with Crippen LogP contribution in [0.2, 0.25) is 0 Å². The number of aliphatic hydroxyl groups is 3. The van der Waals surface area contributed by atoms with Gasteiger partial charge >= 0.3 is 5.97 Å². The zero-order valence-electron chi connectivity index (χ0n) is 13.9. The lowest BCUT2D eigenvalue weighted by molar-refractivity contribution is -0.152. The van der Waals surface area contributed by atoms with Crippen LogP contribution in [0.3, 0.4) is 0 Å². The molecule has 0 unspecified atom stereocenters. The molecule has 0 aliphatic carbocycles. The fourth-order valence-electron chi connectivity index (χ4n) is 2.28. The van der Waals surface area contributed by atoms with Gasteiger partial charge in [0.2, 0.25) is 11.7 Å². The monoisotopic (exact) mass is 347 g/mol. The highest BCUT2D eigenvalue weighted by molar-refractivity contribution is 5.84. The maximum atomic E-state index is 11.5. The first-order chi connectivity index (χ1) is 11.2. The Morgan fingerprint density at radius 2 is 2.00 bits per heavy atom. The van der Waals surface area contributed by atoms with Gasteiger partial charge in [0, 0.05) is 13.5 Å². The van der Waals surface area contributed by atoms with Crippen molar-refractivity contribution in [3.05, 3.63) is 11.8 Å². The third-order valence-corrected chi connectivity index (χ3v) is 3.41. The van der Waals surface area contributed by atoms with Crippen molar-refractivity contribution >= 4 is 11.9 Å². The molecule has 0 aromatic heterocycles. The summed E-state index contributed by atoms with van der Waals surface area (Å²) in [5, 5.41) is 40.5. The second-order valence-corrected chi connectivity index (χ2v) is 6.08. The number of hydrogen-bond donors (Lipinski definition) is 5. The van der Waals surface area contributed by atoms with E-state index in [0.29, 0.717) is 0 Å². The summed E-state index contributed by atoms with van der Waals surface area (Å²) in [5.74, 6) is -2.12. The van der Waals surface area contributed by atoms with E-state index in [1.807, 2.05) is 13.8 Å². The van der Waals surface area contributed by atoms with E-state index in [9.17, 15) is 19.8 Å². The Balaban J connectivity index is 3.15. The highest BCUT2D eigenvalue weighted by Gasteiger charge is 2.44. The van der Waals surface area contributed by atoms with Crippen LogP contribution in [0.25, 0.3) is 0 Å². The Labute approximate surface area is 139 Å². The lowest BCUT2D eigenvalue weighted by atomic mass is 9.93. The number of amides is 1. The van der Waals surface area contributed by atoms with Gasteiger partial charge < -0.3 is 35.2 Å². The topological polar surface area (TPSA) is 146 Å². The molecule has 138 valence electrons. The summed E-state index contributed by atoms with van der Waals surface area (Å²) in [4.78, 5) is 22.7. The number of ether oxygens (including phenoxy) is 2. The van der Waals surface area contributed by atoms with E-state index >= 15 is 0 Å². The molecule has 0 aromatic rings. The van der Waals surface area contributed by atoms with Crippen LogP contribution in [-0.4, -0.2) is 76.0 Å². The third kappa shape index (κ3) is 5.45. The molecule has 5 N–H and O–H groups in total. The Morgan fingerprint density at radius 1 is 1.38 bits per heavy atom. The van der Waals surface area contributed by atoms with Crippen LogP contribution in [0.5, 0.6) is 0 Å². The Hall–Kier alpha value is -1.68. The molecule has 1 heterocycles. The normalized spacial score (nSPS) is 26.3. The fourth-order valence-corrected chi connectivity index (χ4v) is 2.28. The van der Waals surface area contributed by atoms with Gasteiger partial charge in [-0.2, -0.15) is 0 Å². The van der Waals surface area contributed by atoms with E-state index in [1.165, 1.54) is 13.0 Å². The Kier molecular flexibility index (Phi) is 7.61. The SMILES string of the molecule is CC(=O)N[C@H]1[C@H]([C@H](O)[C@H](O)CO)OC(C(=O)O)=C[C@@H]1OCC(C)C. The van der Waals surface area contributed by atoms with Gasteiger partial charge in [0.1, 0.15) is 18.3 Å². The predicted molar refractivity (Wildman–Crippen MR) is 81.9 cm³/mol. The quantitative estimate of drug-likeness (QED) is 0.361. The van der Waals surface area contributed by atoms with E-state index in [4.69, 9.17) is 19.7 Å². The summed E-state index contributed by atoms with van der Waals surface area (Å²) in [7, 11) is 0. The van der Waals surface area contributed by atoms with Gasteiger partial charge in [-0.05, 0) is 12.0 Å². The lowest BCUT2D eigenvalue weighted by Gasteiger charge is -2.39. The number of hydrogen-bond acceptors (Lipinski definition) is 7. The first-order valence-corrected chi connectivity index (χ1v) is 7.64. The molecular weight excluding hydrogens is 322 g/mol. The third-order valence-electron chi connectivity index (χ3n) is 3.41. The first-order valence-electron chi connectivity index (χ1n) is 7.64. The molecule has 9 nitrogen and oxygen atoms in total. The number of carboxylic acid groups (broad SMARTS) is 1. The largest absolute Gasteiger partial charge is 0.478 e. The minimum Gasteiger partial charge on any atom is -0.478 e. The summed E-state index contributed by atoms with van der Waals surface area (Å²) < 4.78 is 10.9. The van der Waals surface area contributed by atoms with Crippen LogP contribution in [0.4, 0.5) is 0 Å². The zero-order valence-corrected chi connectivity index (χ0v) is 13.9. The number of aliphatic carboxylic acids is 1. The number of rotatable bonds is 8. The molecule has 1 amide bonds. The van der Waals surface area contributed by atoms with Crippen LogP contribution < -0.4 is 5.32 Å². The number of aliphatic hydroxyl groups excluding tert-OH is 3. The highest BCUT2D eigenvalue weighted by Crippen LogP contribution is 2.25. The number of carboxylic acids is 1. The van der Waals surface area contributed by atoms with Gasteiger partial charge in [-0.3, -0.25) is 4.79 Å². The van der Waals surface area contributed by atoms with Crippen molar-refractivity contribution in [3.8, 4) is 0 Å². The van der Waals surface area contributed by atoms with Crippen molar-refractivity contribution in [1.82, 2.24) is 5.32 Å².